The molecular formula is C18H20FN3O3. The topological polar surface area (TPSA) is 78.5 Å². The van der Waals surface area contributed by atoms with Crippen LogP contribution in [0.1, 0.15) is 38.2 Å². The van der Waals surface area contributed by atoms with Crippen molar-refractivity contribution in [1.82, 2.24) is 10.2 Å². The summed E-state index contributed by atoms with van der Waals surface area (Å²) in [7, 11) is 0. The summed E-state index contributed by atoms with van der Waals surface area (Å²) in [6.07, 6.45) is 6.56. The van der Waals surface area contributed by atoms with E-state index in [-0.39, 0.29) is 17.8 Å². The fourth-order valence-electron chi connectivity index (χ4n) is 3.56. The monoisotopic (exact) mass is 345 g/mol. The van der Waals surface area contributed by atoms with E-state index in [2.05, 4.69) is 10.2 Å². The van der Waals surface area contributed by atoms with Gasteiger partial charge in [-0.2, -0.15) is 5.10 Å². The Bertz CT molecular complexity index is 802. The average Bonchev–Trinajstić information content (AvgIpc) is 3.06. The van der Waals surface area contributed by atoms with Crippen LogP contribution >= 0.6 is 0 Å². The molecule has 0 bridgehead atoms. The van der Waals surface area contributed by atoms with E-state index in [0.29, 0.717) is 29.7 Å². The minimum atomic E-state index is -1.14. The second-order valence-electron chi connectivity index (χ2n) is 6.76. The van der Waals surface area contributed by atoms with Gasteiger partial charge in [0.15, 0.2) is 0 Å². The second-order valence-corrected chi connectivity index (χ2v) is 6.76. The Morgan fingerprint density at radius 1 is 1.44 bits per heavy atom. The Morgan fingerprint density at radius 2 is 2.24 bits per heavy atom. The van der Waals surface area contributed by atoms with Crippen LogP contribution in [0.5, 0.6) is 5.75 Å². The Labute approximate surface area is 144 Å². The van der Waals surface area contributed by atoms with Crippen LogP contribution in [-0.2, 0) is 6.42 Å². The maximum absolute atomic E-state index is 14.9. The van der Waals surface area contributed by atoms with Crippen molar-refractivity contribution in [1.29, 1.82) is 0 Å². The summed E-state index contributed by atoms with van der Waals surface area (Å²) in [5, 5.41) is 16.2. The highest BCUT2D eigenvalue weighted by atomic mass is 19.1. The third-order valence-electron chi connectivity index (χ3n) is 5.15. The number of rotatable bonds is 3. The second kappa shape index (κ2) is 6.06. The summed E-state index contributed by atoms with van der Waals surface area (Å²) < 4.78 is 21.1. The quantitative estimate of drug-likeness (QED) is 0.882. The lowest BCUT2D eigenvalue weighted by Gasteiger charge is -2.36. The maximum Gasteiger partial charge on any atom is 0.412 e. The van der Waals surface area contributed by atoms with E-state index >= 15 is 0 Å². The van der Waals surface area contributed by atoms with Crippen LogP contribution in [0.4, 0.5) is 14.9 Å². The molecule has 1 fully saturated rings. The molecule has 2 aliphatic rings. The van der Waals surface area contributed by atoms with Gasteiger partial charge >= 0.3 is 6.09 Å². The lowest BCUT2D eigenvalue weighted by molar-refractivity contribution is 0.119. The number of aromatic amines is 1. The van der Waals surface area contributed by atoms with Crippen molar-refractivity contribution in [3.05, 3.63) is 29.8 Å². The van der Waals surface area contributed by atoms with Crippen molar-refractivity contribution in [2.24, 2.45) is 0 Å². The first-order chi connectivity index (χ1) is 12.1. The molecule has 0 saturated heterocycles. The van der Waals surface area contributed by atoms with Gasteiger partial charge in [0.25, 0.3) is 0 Å². The summed E-state index contributed by atoms with van der Waals surface area (Å²) in [5.74, 6) is 0.0572. The number of carboxylic acid groups (broad SMARTS) is 1. The number of benzene rings is 1. The predicted octanol–water partition coefficient (Wildman–Crippen LogP) is 3.97. The number of nitrogens with one attached hydrogen (secondary N) is 1. The first-order valence-electron chi connectivity index (χ1n) is 8.59. The van der Waals surface area contributed by atoms with Crippen LogP contribution in [0.2, 0.25) is 0 Å². The molecular weight excluding hydrogens is 325 g/mol. The number of amides is 1. The van der Waals surface area contributed by atoms with Gasteiger partial charge < -0.3 is 9.84 Å². The normalized spacial score (nSPS) is 20.1. The van der Waals surface area contributed by atoms with Crippen LogP contribution in [0.25, 0.3) is 11.1 Å². The SMILES string of the molecule is C[C@H]1CCc2c(OC3CCC3)c(-c3cn[nH]c3)cc(F)c2N1C(=O)O. The fraction of sp³-hybridized carbons (Fsp3) is 0.444. The van der Waals surface area contributed by atoms with Crippen molar-refractivity contribution < 1.29 is 19.0 Å². The third-order valence-corrected chi connectivity index (χ3v) is 5.15. The third kappa shape index (κ3) is 2.63. The van der Waals surface area contributed by atoms with E-state index < -0.39 is 11.9 Å². The average molecular weight is 345 g/mol. The van der Waals surface area contributed by atoms with E-state index in [9.17, 15) is 14.3 Å². The van der Waals surface area contributed by atoms with Crippen LogP contribution in [0, 0.1) is 5.82 Å². The van der Waals surface area contributed by atoms with Gasteiger partial charge in [0.05, 0.1) is 18.0 Å². The van der Waals surface area contributed by atoms with Gasteiger partial charge in [-0.15, -0.1) is 0 Å². The number of nitrogens with zero attached hydrogens (tertiary/aromatic N) is 2. The number of aromatic nitrogens is 2. The Hall–Kier alpha value is -2.57. The van der Waals surface area contributed by atoms with Crippen LogP contribution in [-0.4, -0.2) is 33.5 Å². The molecule has 1 aliphatic heterocycles. The van der Waals surface area contributed by atoms with Crippen molar-refractivity contribution in [3.8, 4) is 16.9 Å². The van der Waals surface area contributed by atoms with E-state index in [1.165, 1.54) is 6.07 Å². The molecule has 25 heavy (non-hydrogen) atoms. The Kier molecular flexibility index (Phi) is 3.86. The number of carbonyl (C=O) groups is 1. The largest absolute Gasteiger partial charge is 0.489 e. The van der Waals surface area contributed by atoms with Crippen molar-refractivity contribution >= 4 is 11.8 Å². The van der Waals surface area contributed by atoms with Gasteiger partial charge in [0, 0.05) is 28.9 Å². The molecule has 2 aromatic rings. The highest BCUT2D eigenvalue weighted by Gasteiger charge is 2.35. The molecule has 132 valence electrons. The first kappa shape index (κ1) is 15.9. The van der Waals surface area contributed by atoms with Crippen LogP contribution in [0.15, 0.2) is 18.5 Å². The molecule has 1 aromatic heterocycles. The van der Waals surface area contributed by atoms with Crippen LogP contribution in [0.3, 0.4) is 0 Å². The summed E-state index contributed by atoms with van der Waals surface area (Å²) in [4.78, 5) is 12.8. The number of hydrogen-bond acceptors (Lipinski definition) is 3. The zero-order chi connectivity index (χ0) is 17.6. The van der Waals surface area contributed by atoms with E-state index in [0.717, 1.165) is 29.7 Å². The van der Waals surface area contributed by atoms with Crippen LogP contribution < -0.4 is 9.64 Å². The molecule has 1 aliphatic carbocycles. The molecule has 2 N–H and O–H groups in total. The van der Waals surface area contributed by atoms with E-state index in [1.807, 2.05) is 0 Å². The minimum absolute atomic E-state index is 0.109. The van der Waals surface area contributed by atoms with Crippen molar-refractivity contribution in [3.63, 3.8) is 0 Å². The highest BCUT2D eigenvalue weighted by Crippen LogP contribution is 2.45. The number of anilines is 1. The highest BCUT2D eigenvalue weighted by molar-refractivity contribution is 5.91. The Balaban J connectivity index is 1.90. The number of ether oxygens (including phenoxy) is 1. The van der Waals surface area contributed by atoms with Gasteiger partial charge in [-0.25, -0.2) is 9.18 Å². The predicted molar refractivity (Wildman–Crippen MR) is 90.5 cm³/mol. The van der Waals surface area contributed by atoms with Crippen molar-refractivity contribution in [2.75, 3.05) is 4.90 Å². The van der Waals surface area contributed by atoms with Crippen molar-refractivity contribution in [2.45, 2.75) is 51.2 Å². The number of fused-ring (bicyclic) bond motifs is 1. The molecule has 0 unspecified atom stereocenters. The van der Waals surface area contributed by atoms with Gasteiger partial charge in [-0.05, 0) is 45.1 Å². The smallest absolute Gasteiger partial charge is 0.412 e. The number of H-pyrrole nitrogens is 1. The summed E-state index contributed by atoms with van der Waals surface area (Å²) in [5.41, 5.74) is 2.13. The van der Waals surface area contributed by atoms with Gasteiger partial charge in [0.1, 0.15) is 11.6 Å². The number of halogens is 1. The molecule has 4 rings (SSSR count). The molecule has 1 atom stereocenters. The first-order valence-corrected chi connectivity index (χ1v) is 8.59. The van der Waals surface area contributed by atoms with E-state index in [4.69, 9.17) is 4.74 Å². The minimum Gasteiger partial charge on any atom is -0.489 e. The Morgan fingerprint density at radius 3 is 2.84 bits per heavy atom. The van der Waals surface area contributed by atoms with E-state index in [1.54, 1.807) is 19.3 Å². The summed E-state index contributed by atoms with van der Waals surface area (Å²) in [6, 6.07) is 1.10. The standard InChI is InChI=1S/C18H20FN3O3/c1-10-5-6-13-16(22(10)18(23)24)15(19)7-14(11-8-20-21-9-11)17(13)25-12-3-2-4-12/h7-10,12H,2-6H2,1H3,(H,20,21)(H,23,24)/t10-/m0/s1. The summed E-state index contributed by atoms with van der Waals surface area (Å²) in [6.45, 7) is 1.80. The molecule has 1 aromatic carbocycles. The molecule has 1 amide bonds. The molecule has 7 heteroatoms. The molecule has 0 spiro atoms. The van der Waals surface area contributed by atoms with Gasteiger partial charge in [-0.3, -0.25) is 10.00 Å². The molecule has 6 nitrogen and oxygen atoms in total. The molecule has 1 saturated carbocycles. The lowest BCUT2D eigenvalue weighted by Crippen LogP contribution is -2.42. The fourth-order valence-corrected chi connectivity index (χ4v) is 3.56. The maximum atomic E-state index is 14.9. The lowest BCUT2D eigenvalue weighted by atomic mass is 9.91. The summed E-state index contributed by atoms with van der Waals surface area (Å²) >= 11 is 0. The zero-order valence-corrected chi connectivity index (χ0v) is 14.0. The number of hydrogen-bond donors (Lipinski definition) is 2. The van der Waals surface area contributed by atoms with Gasteiger partial charge in [-0.1, -0.05) is 0 Å². The zero-order valence-electron chi connectivity index (χ0n) is 14.0. The van der Waals surface area contributed by atoms with Gasteiger partial charge in [0.2, 0.25) is 0 Å². The molecule has 2 heterocycles. The molecule has 0 radical (unpaired) electrons.